The molecule has 2 unspecified atom stereocenters. The average Bonchev–Trinajstić information content (AvgIpc) is 3.03. The van der Waals surface area contributed by atoms with Crippen molar-refractivity contribution in [3.63, 3.8) is 0 Å². The number of rotatable bonds is 6. The van der Waals surface area contributed by atoms with Crippen molar-refractivity contribution in [2.45, 2.75) is 59.5 Å². The predicted molar refractivity (Wildman–Crippen MR) is 102 cm³/mol. The van der Waals surface area contributed by atoms with E-state index >= 15 is 0 Å². The van der Waals surface area contributed by atoms with Crippen LogP contribution in [0.15, 0.2) is 4.99 Å². The molecular formula is C15H27IN4S. The zero-order valence-corrected chi connectivity index (χ0v) is 16.5. The Morgan fingerprint density at radius 1 is 1.38 bits per heavy atom. The molecule has 1 aliphatic rings. The first-order valence-electron chi connectivity index (χ1n) is 7.61. The zero-order chi connectivity index (χ0) is 14.5. The summed E-state index contributed by atoms with van der Waals surface area (Å²) in [5.41, 5.74) is 1.11. The second-order valence-corrected chi connectivity index (χ2v) is 6.76. The summed E-state index contributed by atoms with van der Waals surface area (Å²) in [7, 11) is 0. The van der Waals surface area contributed by atoms with Crippen molar-refractivity contribution in [2.75, 3.05) is 6.54 Å². The van der Waals surface area contributed by atoms with Crippen molar-refractivity contribution in [2.24, 2.45) is 10.9 Å². The molecule has 21 heavy (non-hydrogen) atoms. The van der Waals surface area contributed by atoms with Crippen LogP contribution in [-0.2, 0) is 6.54 Å². The summed E-state index contributed by atoms with van der Waals surface area (Å²) in [5, 5.41) is 8.00. The topological polar surface area (TPSA) is 49.3 Å². The van der Waals surface area contributed by atoms with E-state index in [0.29, 0.717) is 6.04 Å². The molecule has 4 nitrogen and oxygen atoms in total. The van der Waals surface area contributed by atoms with Gasteiger partial charge in [0.15, 0.2) is 5.96 Å². The highest BCUT2D eigenvalue weighted by molar-refractivity contribution is 14.0. The molecule has 0 saturated heterocycles. The number of nitrogens with zero attached hydrogens (tertiary/aromatic N) is 2. The fraction of sp³-hybridized carbons (Fsp3) is 0.733. The van der Waals surface area contributed by atoms with Gasteiger partial charge < -0.3 is 10.6 Å². The number of guanidine groups is 1. The number of thiazole rings is 1. The van der Waals surface area contributed by atoms with Crippen LogP contribution in [0.3, 0.4) is 0 Å². The molecule has 120 valence electrons. The van der Waals surface area contributed by atoms with Gasteiger partial charge in [0.1, 0.15) is 0 Å². The lowest BCUT2D eigenvalue weighted by Gasteiger charge is -2.10. The molecule has 0 spiro atoms. The molecular weight excluding hydrogens is 395 g/mol. The van der Waals surface area contributed by atoms with Gasteiger partial charge in [-0.15, -0.1) is 35.3 Å². The van der Waals surface area contributed by atoms with Gasteiger partial charge in [-0.2, -0.15) is 0 Å². The molecule has 1 saturated carbocycles. The van der Waals surface area contributed by atoms with E-state index in [9.17, 15) is 0 Å². The van der Waals surface area contributed by atoms with Gasteiger partial charge in [0.05, 0.1) is 17.2 Å². The maximum Gasteiger partial charge on any atom is 0.191 e. The van der Waals surface area contributed by atoms with E-state index in [1.807, 2.05) is 6.92 Å². The predicted octanol–water partition coefficient (Wildman–Crippen LogP) is 3.62. The molecule has 0 aliphatic heterocycles. The summed E-state index contributed by atoms with van der Waals surface area (Å²) in [6.07, 6.45) is 3.89. The highest BCUT2D eigenvalue weighted by Crippen LogP contribution is 2.34. The Kier molecular flexibility index (Phi) is 7.94. The number of hydrogen-bond acceptors (Lipinski definition) is 3. The summed E-state index contributed by atoms with van der Waals surface area (Å²) >= 11 is 1.74. The molecule has 6 heteroatoms. The molecule has 2 rings (SSSR count). The molecule has 1 aromatic heterocycles. The first-order chi connectivity index (χ1) is 9.63. The first-order valence-corrected chi connectivity index (χ1v) is 8.43. The van der Waals surface area contributed by atoms with Gasteiger partial charge in [0.25, 0.3) is 0 Å². The molecule has 1 aliphatic carbocycles. The Hall–Kier alpha value is -0.370. The van der Waals surface area contributed by atoms with Gasteiger partial charge in [-0.05, 0) is 39.5 Å². The van der Waals surface area contributed by atoms with E-state index in [0.717, 1.165) is 35.7 Å². The second-order valence-electron chi connectivity index (χ2n) is 5.47. The van der Waals surface area contributed by atoms with Gasteiger partial charge in [-0.3, -0.25) is 0 Å². The number of hydrogen-bond donors (Lipinski definition) is 2. The van der Waals surface area contributed by atoms with Crippen LogP contribution in [-0.4, -0.2) is 23.5 Å². The fourth-order valence-corrected chi connectivity index (χ4v) is 3.34. The molecule has 2 atom stereocenters. The number of halogens is 1. The third kappa shape index (κ3) is 5.73. The lowest BCUT2D eigenvalue weighted by atomic mass is 10.2. The largest absolute Gasteiger partial charge is 0.357 e. The standard InChI is InChI=1S/C15H26N4S.HI/c1-5-7-12-8-13(12)19-15(16-6-2)17-9-14-10(3)18-11(4)20-14;/h12-13H,5-9H2,1-4H3,(H2,16,17,19);1H. The maximum atomic E-state index is 4.70. The average molecular weight is 422 g/mol. The highest BCUT2D eigenvalue weighted by Gasteiger charge is 2.36. The molecule has 1 aromatic rings. The van der Waals surface area contributed by atoms with E-state index in [-0.39, 0.29) is 24.0 Å². The monoisotopic (exact) mass is 422 g/mol. The molecule has 2 N–H and O–H groups in total. The zero-order valence-electron chi connectivity index (χ0n) is 13.4. The van der Waals surface area contributed by atoms with E-state index < -0.39 is 0 Å². The Morgan fingerprint density at radius 2 is 2.14 bits per heavy atom. The SMILES string of the molecule is CCCC1CC1NC(=NCc1sc(C)nc1C)NCC.I. The lowest BCUT2D eigenvalue weighted by Crippen LogP contribution is -2.39. The van der Waals surface area contributed by atoms with Gasteiger partial charge >= 0.3 is 0 Å². The van der Waals surface area contributed by atoms with E-state index in [1.165, 1.54) is 24.1 Å². The molecule has 0 bridgehead atoms. The summed E-state index contributed by atoms with van der Waals surface area (Å²) in [6.45, 7) is 10.1. The van der Waals surface area contributed by atoms with Crippen LogP contribution in [0.2, 0.25) is 0 Å². The van der Waals surface area contributed by atoms with Gasteiger partial charge in [-0.1, -0.05) is 13.3 Å². The van der Waals surface area contributed by atoms with Crippen LogP contribution < -0.4 is 10.6 Å². The summed E-state index contributed by atoms with van der Waals surface area (Å²) < 4.78 is 0. The number of aryl methyl sites for hydroxylation is 2. The van der Waals surface area contributed by atoms with E-state index in [2.05, 4.69) is 36.4 Å². The lowest BCUT2D eigenvalue weighted by molar-refractivity contribution is 0.655. The quantitative estimate of drug-likeness (QED) is 0.418. The Bertz CT molecular complexity index is 472. The van der Waals surface area contributed by atoms with Gasteiger partial charge in [0.2, 0.25) is 0 Å². The Labute approximate surface area is 149 Å². The second kappa shape index (κ2) is 8.92. The first kappa shape index (κ1) is 18.7. The maximum absolute atomic E-state index is 4.70. The highest BCUT2D eigenvalue weighted by atomic mass is 127. The van der Waals surface area contributed by atoms with Gasteiger partial charge in [-0.25, -0.2) is 9.98 Å². The molecule has 1 fully saturated rings. The Balaban J connectivity index is 0.00000220. The summed E-state index contributed by atoms with van der Waals surface area (Å²) in [5.74, 6) is 1.79. The van der Waals surface area contributed by atoms with E-state index in [1.54, 1.807) is 11.3 Å². The van der Waals surface area contributed by atoms with Crippen molar-refractivity contribution in [1.29, 1.82) is 0 Å². The van der Waals surface area contributed by atoms with Crippen LogP contribution in [0.5, 0.6) is 0 Å². The molecule has 0 radical (unpaired) electrons. The summed E-state index contributed by atoms with van der Waals surface area (Å²) in [6, 6.07) is 0.622. The van der Waals surface area contributed by atoms with Crippen LogP contribution in [0.1, 0.15) is 48.7 Å². The van der Waals surface area contributed by atoms with E-state index in [4.69, 9.17) is 4.99 Å². The molecule has 0 aromatic carbocycles. The minimum absolute atomic E-state index is 0. The van der Waals surface area contributed by atoms with Crippen LogP contribution in [0, 0.1) is 19.8 Å². The Morgan fingerprint density at radius 3 is 2.71 bits per heavy atom. The minimum Gasteiger partial charge on any atom is -0.357 e. The number of nitrogens with one attached hydrogen (secondary N) is 2. The molecule has 1 heterocycles. The van der Waals surface area contributed by atoms with Crippen molar-refractivity contribution in [3.8, 4) is 0 Å². The van der Waals surface area contributed by atoms with Gasteiger partial charge in [0, 0.05) is 17.5 Å². The van der Waals surface area contributed by atoms with Crippen molar-refractivity contribution >= 4 is 41.3 Å². The fourth-order valence-electron chi connectivity index (χ4n) is 2.48. The van der Waals surface area contributed by atoms with Crippen LogP contribution in [0.25, 0.3) is 0 Å². The smallest absolute Gasteiger partial charge is 0.191 e. The third-order valence-electron chi connectivity index (χ3n) is 3.63. The molecule has 0 amide bonds. The number of aliphatic imine (C=N–C) groups is 1. The summed E-state index contributed by atoms with van der Waals surface area (Å²) in [4.78, 5) is 10.4. The number of aromatic nitrogens is 1. The van der Waals surface area contributed by atoms with Crippen molar-refractivity contribution < 1.29 is 0 Å². The third-order valence-corrected chi connectivity index (χ3v) is 4.69. The van der Waals surface area contributed by atoms with Crippen molar-refractivity contribution in [3.05, 3.63) is 15.6 Å². The van der Waals surface area contributed by atoms with Crippen molar-refractivity contribution in [1.82, 2.24) is 15.6 Å². The van der Waals surface area contributed by atoms with Crippen LogP contribution >= 0.6 is 35.3 Å². The normalized spacial score (nSPS) is 20.9. The van der Waals surface area contributed by atoms with Crippen LogP contribution in [0.4, 0.5) is 0 Å². The minimum atomic E-state index is 0.